The third-order valence-electron chi connectivity index (χ3n) is 2.35. The highest BCUT2D eigenvalue weighted by atomic mass is 32.2. The number of hydrogen-bond acceptors (Lipinski definition) is 3. The lowest BCUT2D eigenvalue weighted by Crippen LogP contribution is -2.31. The van der Waals surface area contributed by atoms with Gasteiger partial charge in [-0.15, -0.1) is 0 Å². The van der Waals surface area contributed by atoms with Crippen LogP contribution in [0.4, 0.5) is 0 Å². The molecule has 17 heavy (non-hydrogen) atoms. The van der Waals surface area contributed by atoms with Crippen molar-refractivity contribution in [1.82, 2.24) is 9.62 Å². The van der Waals surface area contributed by atoms with Crippen molar-refractivity contribution in [3.8, 4) is 0 Å². The second-order valence-electron chi connectivity index (χ2n) is 4.85. The molecule has 0 fully saturated rings. The molecular weight excluding hydrogens is 236 g/mol. The van der Waals surface area contributed by atoms with Gasteiger partial charge in [-0.2, -0.15) is 0 Å². The Balaban J connectivity index is 3.90. The predicted molar refractivity (Wildman–Crippen MR) is 73.6 cm³/mol. The maximum absolute atomic E-state index is 11.8. The molecule has 102 valence electrons. The van der Waals surface area contributed by atoms with Crippen LogP contribution in [0.15, 0.2) is 12.2 Å². The highest BCUT2D eigenvalue weighted by Crippen LogP contribution is 2.04. The average molecular weight is 262 g/mol. The van der Waals surface area contributed by atoms with E-state index in [2.05, 4.69) is 25.7 Å². The molecule has 0 amide bonds. The Labute approximate surface area is 106 Å². The van der Waals surface area contributed by atoms with Gasteiger partial charge in [0.15, 0.2) is 0 Å². The number of unbranched alkanes of at least 4 members (excludes halogenated alkanes) is 1. The summed E-state index contributed by atoms with van der Waals surface area (Å²) in [5.41, 5.74) is 0.859. The molecule has 0 aliphatic carbocycles. The zero-order chi connectivity index (χ0) is 13.5. The summed E-state index contributed by atoms with van der Waals surface area (Å²) >= 11 is 0. The third kappa shape index (κ3) is 8.35. The minimum absolute atomic E-state index is 0.219. The quantitative estimate of drug-likeness (QED) is 0.507. The SMILES string of the molecule is C=C(C)CN(C)S(=O)(=O)CCCCNC(C)C. The van der Waals surface area contributed by atoms with Crippen molar-refractivity contribution < 1.29 is 8.42 Å². The highest BCUT2D eigenvalue weighted by Gasteiger charge is 2.16. The molecule has 0 aromatic carbocycles. The maximum atomic E-state index is 11.8. The molecule has 1 N–H and O–H groups in total. The third-order valence-corrected chi connectivity index (χ3v) is 4.23. The summed E-state index contributed by atoms with van der Waals surface area (Å²) in [7, 11) is -1.50. The van der Waals surface area contributed by atoms with Gasteiger partial charge in [0.25, 0.3) is 0 Å². The van der Waals surface area contributed by atoms with Gasteiger partial charge in [0.05, 0.1) is 5.75 Å². The van der Waals surface area contributed by atoms with E-state index in [1.807, 2.05) is 6.92 Å². The molecule has 4 nitrogen and oxygen atoms in total. The molecule has 0 heterocycles. The van der Waals surface area contributed by atoms with E-state index >= 15 is 0 Å². The van der Waals surface area contributed by atoms with Gasteiger partial charge < -0.3 is 5.32 Å². The first-order chi connectivity index (χ1) is 7.75. The first-order valence-corrected chi connectivity index (χ1v) is 7.68. The van der Waals surface area contributed by atoms with Crippen molar-refractivity contribution in [2.75, 3.05) is 25.9 Å². The minimum Gasteiger partial charge on any atom is -0.315 e. The summed E-state index contributed by atoms with van der Waals surface area (Å²) in [6.07, 6.45) is 1.58. The van der Waals surface area contributed by atoms with E-state index in [9.17, 15) is 8.42 Å². The highest BCUT2D eigenvalue weighted by molar-refractivity contribution is 7.89. The summed E-state index contributed by atoms with van der Waals surface area (Å²) < 4.78 is 25.0. The Morgan fingerprint density at radius 3 is 2.41 bits per heavy atom. The average Bonchev–Trinajstić information content (AvgIpc) is 2.15. The second-order valence-corrected chi connectivity index (χ2v) is 7.04. The van der Waals surface area contributed by atoms with Crippen LogP contribution < -0.4 is 5.32 Å². The zero-order valence-corrected chi connectivity index (χ0v) is 12.3. The zero-order valence-electron chi connectivity index (χ0n) is 11.5. The molecule has 0 aliphatic rings. The van der Waals surface area contributed by atoms with Crippen LogP contribution in [-0.4, -0.2) is 44.7 Å². The van der Waals surface area contributed by atoms with Gasteiger partial charge in [0.2, 0.25) is 10.0 Å². The summed E-state index contributed by atoms with van der Waals surface area (Å²) in [5.74, 6) is 0.219. The minimum atomic E-state index is -3.11. The van der Waals surface area contributed by atoms with Crippen LogP contribution in [0.25, 0.3) is 0 Å². The van der Waals surface area contributed by atoms with E-state index in [4.69, 9.17) is 0 Å². The van der Waals surface area contributed by atoms with Gasteiger partial charge >= 0.3 is 0 Å². The van der Waals surface area contributed by atoms with Crippen LogP contribution in [-0.2, 0) is 10.0 Å². The Bertz CT molecular complexity index is 323. The van der Waals surface area contributed by atoms with Crippen LogP contribution in [0.5, 0.6) is 0 Å². The van der Waals surface area contributed by atoms with Crippen LogP contribution in [0, 0.1) is 0 Å². The fraction of sp³-hybridized carbons (Fsp3) is 0.833. The molecule has 0 saturated heterocycles. The normalized spacial score (nSPS) is 12.4. The molecule has 0 aliphatic heterocycles. The molecule has 0 aromatic rings. The lowest BCUT2D eigenvalue weighted by atomic mass is 10.3. The van der Waals surface area contributed by atoms with Crippen LogP contribution in [0.3, 0.4) is 0 Å². The molecule has 0 bridgehead atoms. The fourth-order valence-corrected chi connectivity index (χ4v) is 2.73. The van der Waals surface area contributed by atoms with Crippen molar-refractivity contribution >= 4 is 10.0 Å². The lowest BCUT2D eigenvalue weighted by Gasteiger charge is -2.17. The van der Waals surface area contributed by atoms with Crippen LogP contribution in [0.2, 0.25) is 0 Å². The summed E-state index contributed by atoms with van der Waals surface area (Å²) in [5, 5.41) is 3.27. The van der Waals surface area contributed by atoms with Gasteiger partial charge in [-0.1, -0.05) is 26.0 Å². The van der Waals surface area contributed by atoms with E-state index in [0.717, 1.165) is 18.5 Å². The Hall–Kier alpha value is -0.390. The molecule has 0 aromatic heterocycles. The van der Waals surface area contributed by atoms with Gasteiger partial charge in [-0.3, -0.25) is 0 Å². The maximum Gasteiger partial charge on any atom is 0.214 e. The van der Waals surface area contributed by atoms with E-state index in [0.29, 0.717) is 19.0 Å². The van der Waals surface area contributed by atoms with Crippen molar-refractivity contribution in [3.63, 3.8) is 0 Å². The van der Waals surface area contributed by atoms with Gasteiger partial charge in [-0.25, -0.2) is 12.7 Å². The molecule has 0 unspecified atom stereocenters. The van der Waals surface area contributed by atoms with Crippen LogP contribution >= 0.6 is 0 Å². The molecule has 5 heteroatoms. The summed E-state index contributed by atoms with van der Waals surface area (Å²) in [6, 6.07) is 0.456. The van der Waals surface area contributed by atoms with Crippen molar-refractivity contribution in [3.05, 3.63) is 12.2 Å². The molecular formula is C12H26N2O2S. The van der Waals surface area contributed by atoms with E-state index in [1.54, 1.807) is 7.05 Å². The number of nitrogens with one attached hydrogen (secondary N) is 1. The van der Waals surface area contributed by atoms with Crippen molar-refractivity contribution in [1.29, 1.82) is 0 Å². The first-order valence-electron chi connectivity index (χ1n) is 6.07. The number of rotatable bonds is 9. The van der Waals surface area contributed by atoms with E-state index in [-0.39, 0.29) is 5.75 Å². The summed E-state index contributed by atoms with van der Waals surface area (Å²) in [6.45, 7) is 11.0. The molecule has 0 atom stereocenters. The Morgan fingerprint density at radius 1 is 1.35 bits per heavy atom. The number of nitrogens with zero attached hydrogens (tertiary/aromatic N) is 1. The smallest absolute Gasteiger partial charge is 0.214 e. The largest absolute Gasteiger partial charge is 0.315 e. The number of sulfonamides is 1. The van der Waals surface area contributed by atoms with E-state index < -0.39 is 10.0 Å². The van der Waals surface area contributed by atoms with Crippen molar-refractivity contribution in [2.45, 2.75) is 39.7 Å². The van der Waals surface area contributed by atoms with Crippen LogP contribution in [0.1, 0.15) is 33.6 Å². The lowest BCUT2D eigenvalue weighted by molar-refractivity contribution is 0.488. The first kappa shape index (κ1) is 16.6. The molecule has 0 radical (unpaired) electrons. The number of hydrogen-bond donors (Lipinski definition) is 1. The fourth-order valence-electron chi connectivity index (χ4n) is 1.43. The molecule has 0 rings (SSSR count). The van der Waals surface area contributed by atoms with Gasteiger partial charge in [0.1, 0.15) is 0 Å². The Morgan fingerprint density at radius 2 is 1.94 bits per heavy atom. The van der Waals surface area contributed by atoms with Gasteiger partial charge in [-0.05, 0) is 26.3 Å². The van der Waals surface area contributed by atoms with E-state index in [1.165, 1.54) is 4.31 Å². The number of likely N-dealkylation sites (N-methyl/N-ethyl adjacent to an activating group) is 1. The molecule has 0 spiro atoms. The Kier molecular flexibility index (Phi) is 7.66. The predicted octanol–water partition coefficient (Wildman–Crippen LogP) is 1.60. The standard InChI is InChI=1S/C12H26N2O2S/c1-11(2)10-14(5)17(15,16)9-7-6-8-13-12(3)4/h12-13H,1,6-10H2,2-5H3. The van der Waals surface area contributed by atoms with Crippen molar-refractivity contribution in [2.24, 2.45) is 0 Å². The molecule has 0 saturated carbocycles. The summed E-state index contributed by atoms with van der Waals surface area (Å²) in [4.78, 5) is 0. The van der Waals surface area contributed by atoms with Gasteiger partial charge in [0, 0.05) is 19.6 Å². The second kappa shape index (κ2) is 7.84. The topological polar surface area (TPSA) is 49.4 Å². The monoisotopic (exact) mass is 262 g/mol.